The molecule has 0 aromatic heterocycles. The first-order chi connectivity index (χ1) is 12.3. The predicted molar refractivity (Wildman–Crippen MR) is 96.4 cm³/mol. The van der Waals surface area contributed by atoms with Crippen LogP contribution < -0.4 is 10.1 Å². The van der Waals surface area contributed by atoms with Crippen LogP contribution in [-0.2, 0) is 9.59 Å². The monoisotopic (exact) mass is 362 g/mol. The normalized spacial score (nSPS) is 15.3. The molecule has 26 heavy (non-hydrogen) atoms. The Morgan fingerprint density at radius 2 is 1.73 bits per heavy atom. The van der Waals surface area contributed by atoms with Crippen LogP contribution in [0.5, 0.6) is 5.75 Å². The predicted octanol–water partition coefficient (Wildman–Crippen LogP) is 1.90. The van der Waals surface area contributed by atoms with Crippen molar-refractivity contribution in [3.05, 3.63) is 28.8 Å². The minimum atomic E-state index is -1.09. The van der Waals surface area contributed by atoms with E-state index in [0.29, 0.717) is 11.3 Å². The third-order valence-electron chi connectivity index (χ3n) is 4.49. The fourth-order valence-corrected chi connectivity index (χ4v) is 3.02. The van der Waals surface area contributed by atoms with Crippen LogP contribution in [0.1, 0.15) is 47.7 Å². The summed E-state index contributed by atoms with van der Waals surface area (Å²) >= 11 is 0. The number of hydrogen-bond donors (Lipinski definition) is 2. The van der Waals surface area contributed by atoms with Gasteiger partial charge >= 0.3 is 5.97 Å². The Kier molecular flexibility index (Phi) is 6.60. The maximum absolute atomic E-state index is 12.2. The van der Waals surface area contributed by atoms with Crippen molar-refractivity contribution in [1.82, 2.24) is 10.2 Å². The highest BCUT2D eigenvalue weighted by Crippen LogP contribution is 2.25. The molecule has 1 heterocycles. The molecule has 1 fully saturated rings. The maximum atomic E-state index is 12.2. The van der Waals surface area contributed by atoms with E-state index in [1.54, 1.807) is 26.0 Å². The van der Waals surface area contributed by atoms with Gasteiger partial charge < -0.3 is 20.1 Å². The van der Waals surface area contributed by atoms with E-state index in [2.05, 4.69) is 5.32 Å². The van der Waals surface area contributed by atoms with Gasteiger partial charge in [0.2, 0.25) is 0 Å². The first-order valence-electron chi connectivity index (χ1n) is 8.85. The summed E-state index contributed by atoms with van der Waals surface area (Å²) in [7, 11) is 0. The number of piperidine rings is 1. The Bertz CT molecular complexity index is 672. The average molecular weight is 362 g/mol. The second-order valence-electron chi connectivity index (χ2n) is 6.70. The minimum absolute atomic E-state index is 0.0245. The molecule has 0 aliphatic carbocycles. The highest BCUT2D eigenvalue weighted by atomic mass is 16.5. The van der Waals surface area contributed by atoms with Crippen molar-refractivity contribution in [3.63, 3.8) is 0 Å². The molecule has 1 atom stereocenters. The highest BCUT2D eigenvalue weighted by molar-refractivity contribution is 5.97. The summed E-state index contributed by atoms with van der Waals surface area (Å²) < 4.78 is 5.72. The van der Waals surface area contributed by atoms with Gasteiger partial charge in [0.05, 0.1) is 0 Å². The third-order valence-corrected chi connectivity index (χ3v) is 4.49. The summed E-state index contributed by atoms with van der Waals surface area (Å²) in [6.07, 6.45) is 3.22. The summed E-state index contributed by atoms with van der Waals surface area (Å²) in [6.45, 7) is 6.53. The van der Waals surface area contributed by atoms with Crippen LogP contribution in [0.2, 0.25) is 0 Å². The number of benzene rings is 1. The maximum Gasteiger partial charge on any atom is 0.325 e. The second kappa shape index (κ2) is 8.69. The van der Waals surface area contributed by atoms with Crippen molar-refractivity contribution in [2.45, 2.75) is 46.1 Å². The van der Waals surface area contributed by atoms with Gasteiger partial charge in [0.15, 0.2) is 6.61 Å². The summed E-state index contributed by atoms with van der Waals surface area (Å²) in [5, 5.41) is 11.3. The second-order valence-corrected chi connectivity index (χ2v) is 6.70. The highest BCUT2D eigenvalue weighted by Gasteiger charge is 2.19. The number of carbonyl (C=O) groups excluding carboxylic acids is 2. The van der Waals surface area contributed by atoms with Gasteiger partial charge in [-0.2, -0.15) is 0 Å². The van der Waals surface area contributed by atoms with Crippen LogP contribution in [0.25, 0.3) is 0 Å². The van der Waals surface area contributed by atoms with Crippen molar-refractivity contribution in [3.8, 4) is 5.75 Å². The molecule has 0 bridgehead atoms. The molecular weight excluding hydrogens is 336 g/mol. The van der Waals surface area contributed by atoms with Gasteiger partial charge in [0.25, 0.3) is 11.8 Å². The van der Waals surface area contributed by atoms with Gasteiger partial charge in [-0.05, 0) is 63.3 Å². The summed E-state index contributed by atoms with van der Waals surface area (Å²) in [5.74, 6) is -0.996. The fraction of sp³-hybridized carbons (Fsp3) is 0.526. The Labute approximate surface area is 153 Å². The zero-order valence-electron chi connectivity index (χ0n) is 15.5. The topological polar surface area (TPSA) is 95.9 Å². The third kappa shape index (κ3) is 4.97. The van der Waals surface area contributed by atoms with Crippen molar-refractivity contribution < 1.29 is 24.2 Å². The molecule has 2 rings (SSSR count). The van der Waals surface area contributed by atoms with Crippen LogP contribution in [0, 0.1) is 13.8 Å². The molecule has 2 amide bonds. The van der Waals surface area contributed by atoms with Crippen LogP contribution in [0.3, 0.4) is 0 Å². The molecule has 7 heteroatoms. The fourth-order valence-electron chi connectivity index (χ4n) is 3.02. The first-order valence-corrected chi connectivity index (χ1v) is 8.85. The van der Waals surface area contributed by atoms with Crippen molar-refractivity contribution >= 4 is 17.8 Å². The molecule has 1 aromatic rings. The molecule has 0 saturated carbocycles. The number of carboxylic acids is 1. The molecule has 2 N–H and O–H groups in total. The summed E-state index contributed by atoms with van der Waals surface area (Å²) in [4.78, 5) is 37.1. The Hall–Kier alpha value is -2.57. The van der Waals surface area contributed by atoms with Crippen LogP contribution >= 0.6 is 0 Å². The van der Waals surface area contributed by atoms with E-state index in [1.165, 1.54) is 6.92 Å². The zero-order chi connectivity index (χ0) is 19.3. The van der Waals surface area contributed by atoms with E-state index in [0.717, 1.165) is 43.5 Å². The van der Waals surface area contributed by atoms with Gasteiger partial charge in [0, 0.05) is 18.7 Å². The Balaban J connectivity index is 2.03. The van der Waals surface area contributed by atoms with Gasteiger partial charge in [-0.3, -0.25) is 14.4 Å². The molecule has 1 unspecified atom stereocenters. The quantitative estimate of drug-likeness (QED) is 0.806. The summed E-state index contributed by atoms with van der Waals surface area (Å²) in [5.41, 5.74) is 1.82. The van der Waals surface area contributed by atoms with Crippen molar-refractivity contribution in [2.75, 3.05) is 19.7 Å². The zero-order valence-corrected chi connectivity index (χ0v) is 15.5. The minimum Gasteiger partial charge on any atom is -0.483 e. The Morgan fingerprint density at radius 1 is 1.15 bits per heavy atom. The number of carbonyl (C=O) groups is 3. The van der Waals surface area contributed by atoms with E-state index in [-0.39, 0.29) is 12.5 Å². The molecule has 0 radical (unpaired) electrons. The van der Waals surface area contributed by atoms with Gasteiger partial charge in [-0.25, -0.2) is 0 Å². The first kappa shape index (κ1) is 19.8. The molecule has 0 spiro atoms. The van der Waals surface area contributed by atoms with Crippen molar-refractivity contribution in [2.24, 2.45) is 0 Å². The molecule has 1 saturated heterocycles. The van der Waals surface area contributed by atoms with Gasteiger partial charge in [0.1, 0.15) is 11.8 Å². The van der Waals surface area contributed by atoms with Crippen LogP contribution in [0.15, 0.2) is 12.1 Å². The van der Waals surface area contributed by atoms with E-state index in [9.17, 15) is 14.4 Å². The number of carboxylic acid groups (broad SMARTS) is 1. The number of rotatable bonds is 6. The molecule has 1 aliphatic heterocycles. The number of nitrogens with one attached hydrogen (secondary N) is 1. The number of hydrogen-bond acceptors (Lipinski definition) is 4. The number of amides is 2. The van der Waals surface area contributed by atoms with E-state index < -0.39 is 17.9 Å². The number of nitrogens with zero attached hydrogens (tertiary/aromatic N) is 1. The SMILES string of the molecule is Cc1cc(C(=O)NC(C)C(=O)O)cc(C)c1OCC(=O)N1CCCCC1. The average Bonchev–Trinajstić information content (AvgIpc) is 2.61. The number of likely N-dealkylation sites (tertiary alicyclic amines) is 1. The molecule has 142 valence electrons. The van der Waals surface area contributed by atoms with E-state index >= 15 is 0 Å². The lowest BCUT2D eigenvalue weighted by Gasteiger charge is -2.26. The lowest BCUT2D eigenvalue weighted by atomic mass is 10.0. The molecular formula is C19H26N2O5. The molecule has 7 nitrogen and oxygen atoms in total. The van der Waals surface area contributed by atoms with Crippen LogP contribution in [-0.4, -0.2) is 53.5 Å². The number of aryl methyl sites for hydroxylation is 2. The smallest absolute Gasteiger partial charge is 0.325 e. The van der Waals surface area contributed by atoms with Crippen molar-refractivity contribution in [1.29, 1.82) is 0 Å². The van der Waals surface area contributed by atoms with Gasteiger partial charge in [-0.15, -0.1) is 0 Å². The number of ether oxygens (including phenoxy) is 1. The molecule has 1 aliphatic rings. The Morgan fingerprint density at radius 3 is 2.27 bits per heavy atom. The summed E-state index contributed by atoms with van der Waals surface area (Å²) in [6, 6.07) is 2.30. The standard InChI is InChI=1S/C19H26N2O5/c1-12-9-15(18(23)20-14(3)19(24)25)10-13(2)17(12)26-11-16(22)21-7-5-4-6-8-21/h9-10,14H,4-8,11H2,1-3H3,(H,20,23)(H,24,25). The van der Waals surface area contributed by atoms with Crippen LogP contribution in [0.4, 0.5) is 0 Å². The number of aliphatic carboxylic acids is 1. The lowest BCUT2D eigenvalue weighted by Crippen LogP contribution is -2.39. The van der Waals surface area contributed by atoms with E-state index in [4.69, 9.17) is 9.84 Å². The lowest BCUT2D eigenvalue weighted by molar-refractivity contribution is -0.138. The largest absolute Gasteiger partial charge is 0.483 e. The molecule has 1 aromatic carbocycles. The van der Waals surface area contributed by atoms with Gasteiger partial charge in [-0.1, -0.05) is 0 Å². The van der Waals surface area contributed by atoms with E-state index in [1.807, 2.05) is 4.90 Å².